The van der Waals surface area contributed by atoms with E-state index in [1.165, 1.54) is 12.0 Å². The van der Waals surface area contributed by atoms with Crippen LogP contribution in [0.1, 0.15) is 82.9 Å². The Morgan fingerprint density at radius 2 is 1.96 bits per heavy atom. The van der Waals surface area contributed by atoms with Crippen LogP contribution in [0.5, 0.6) is 5.75 Å². The van der Waals surface area contributed by atoms with E-state index in [2.05, 4.69) is 20.8 Å². The highest BCUT2D eigenvalue weighted by molar-refractivity contribution is 5.61. The summed E-state index contributed by atoms with van der Waals surface area (Å²) in [6.45, 7) is 11.0. The Hall–Kier alpha value is -1.58. The minimum atomic E-state index is -0.428. The molecule has 0 amide bonds. The molecule has 0 radical (unpaired) electrons. The minimum absolute atomic E-state index is 0.0303. The van der Waals surface area contributed by atoms with Crippen LogP contribution in [-0.4, -0.2) is 10.0 Å². The number of hydrogen-bond acceptors (Lipinski definition) is 3. The molecular weight excluding hydrogens is 302 g/mol. The Morgan fingerprint density at radius 1 is 1.29 bits per heavy atom. The zero-order valence-corrected chi connectivity index (χ0v) is 15.5. The predicted octanol–water partition coefficient (Wildman–Crippen LogP) is 5.45. The molecule has 1 aromatic rings. The molecule has 1 saturated carbocycles. The molecule has 0 saturated heterocycles. The van der Waals surface area contributed by atoms with Gasteiger partial charge in [-0.15, -0.1) is 0 Å². The van der Waals surface area contributed by atoms with Gasteiger partial charge in [0.05, 0.1) is 4.92 Å². The van der Waals surface area contributed by atoms with Crippen molar-refractivity contribution in [2.24, 2.45) is 11.3 Å². The first-order valence-electron chi connectivity index (χ1n) is 9.13. The van der Waals surface area contributed by atoms with Crippen LogP contribution in [0.2, 0.25) is 0 Å². The first-order valence-corrected chi connectivity index (χ1v) is 9.13. The van der Waals surface area contributed by atoms with Gasteiger partial charge in [0.25, 0.3) is 0 Å². The standard InChI is InChI=1S/C20H29NO3/c1-12(2)17-13-7-8-16-19(3,4)9-6-10-20(16,5)14(13)11-15(18(17)22)21(23)24/h11-12,16,22H,6-10H2,1-5H3/t16-,20+/m0/s1. The van der Waals surface area contributed by atoms with Gasteiger partial charge >= 0.3 is 5.69 Å². The molecule has 0 spiro atoms. The van der Waals surface area contributed by atoms with E-state index in [0.717, 1.165) is 36.8 Å². The maximum Gasteiger partial charge on any atom is 0.311 e. The van der Waals surface area contributed by atoms with Gasteiger partial charge in [-0.2, -0.15) is 0 Å². The number of aromatic hydroxyl groups is 1. The monoisotopic (exact) mass is 331 g/mol. The summed E-state index contributed by atoms with van der Waals surface area (Å²) < 4.78 is 0. The highest BCUT2D eigenvalue weighted by Gasteiger charge is 2.51. The summed E-state index contributed by atoms with van der Waals surface area (Å²) in [6.07, 6.45) is 5.48. The van der Waals surface area contributed by atoms with Crippen molar-refractivity contribution in [1.82, 2.24) is 0 Å². The molecule has 4 nitrogen and oxygen atoms in total. The first kappa shape index (κ1) is 17.2. The number of fused-ring (bicyclic) bond motifs is 3. The van der Waals surface area contributed by atoms with Crippen molar-refractivity contribution in [3.05, 3.63) is 32.9 Å². The van der Waals surface area contributed by atoms with Crippen molar-refractivity contribution in [3.8, 4) is 5.75 Å². The van der Waals surface area contributed by atoms with Gasteiger partial charge in [0.2, 0.25) is 0 Å². The van der Waals surface area contributed by atoms with Crippen molar-refractivity contribution in [2.45, 2.75) is 78.1 Å². The zero-order valence-electron chi connectivity index (χ0n) is 15.5. The fourth-order valence-corrected chi connectivity index (χ4v) is 5.70. The van der Waals surface area contributed by atoms with Crippen molar-refractivity contribution < 1.29 is 10.0 Å². The zero-order chi connectivity index (χ0) is 17.9. The predicted molar refractivity (Wildman–Crippen MR) is 95.6 cm³/mol. The van der Waals surface area contributed by atoms with Crippen molar-refractivity contribution >= 4 is 5.69 Å². The van der Waals surface area contributed by atoms with Crippen LogP contribution in [0.25, 0.3) is 0 Å². The topological polar surface area (TPSA) is 63.4 Å². The number of rotatable bonds is 2. The van der Waals surface area contributed by atoms with E-state index in [0.29, 0.717) is 5.92 Å². The molecule has 3 rings (SSSR count). The van der Waals surface area contributed by atoms with Gasteiger partial charge in [-0.25, -0.2) is 0 Å². The third kappa shape index (κ3) is 2.34. The lowest BCUT2D eigenvalue weighted by Crippen LogP contribution is -2.48. The summed E-state index contributed by atoms with van der Waals surface area (Å²) >= 11 is 0. The highest BCUT2D eigenvalue weighted by Crippen LogP contribution is 2.59. The first-order chi connectivity index (χ1) is 11.1. The Labute approximate surface area is 144 Å². The summed E-state index contributed by atoms with van der Waals surface area (Å²) in [5.74, 6) is 0.497. The molecule has 0 bridgehead atoms. The molecule has 1 N–H and O–H groups in total. The summed E-state index contributed by atoms with van der Waals surface area (Å²) in [5, 5.41) is 22.0. The molecule has 0 unspecified atom stereocenters. The maximum atomic E-state index is 11.5. The summed E-state index contributed by atoms with van der Waals surface area (Å²) in [5.41, 5.74) is 3.20. The molecule has 1 fully saturated rings. The lowest BCUT2D eigenvalue weighted by atomic mass is 9.50. The fraction of sp³-hybridized carbons (Fsp3) is 0.700. The maximum absolute atomic E-state index is 11.5. The average molecular weight is 331 g/mol. The molecule has 1 aromatic carbocycles. The van der Waals surface area contributed by atoms with Crippen LogP contribution in [-0.2, 0) is 11.8 Å². The number of hydrogen-bond donors (Lipinski definition) is 1. The fourth-order valence-electron chi connectivity index (χ4n) is 5.70. The van der Waals surface area contributed by atoms with E-state index in [4.69, 9.17) is 0 Å². The SMILES string of the molecule is CC(C)c1c(O)c([N+](=O)[O-])cc2c1CC[C@H]1C(C)(C)CCC[C@]21C. The van der Waals surface area contributed by atoms with E-state index in [-0.39, 0.29) is 28.2 Å². The molecular formula is C20H29NO3. The average Bonchev–Trinajstić information content (AvgIpc) is 2.44. The Kier molecular flexibility index (Phi) is 3.93. The Morgan fingerprint density at radius 3 is 2.54 bits per heavy atom. The minimum Gasteiger partial charge on any atom is -0.502 e. The van der Waals surface area contributed by atoms with E-state index in [9.17, 15) is 15.2 Å². The van der Waals surface area contributed by atoms with Gasteiger partial charge in [-0.1, -0.05) is 41.0 Å². The lowest BCUT2D eigenvalue weighted by molar-refractivity contribution is -0.386. The number of nitro groups is 1. The van der Waals surface area contributed by atoms with Crippen LogP contribution in [0, 0.1) is 21.4 Å². The summed E-state index contributed by atoms with van der Waals surface area (Å²) in [4.78, 5) is 11.1. The lowest BCUT2D eigenvalue weighted by Gasteiger charge is -2.54. The summed E-state index contributed by atoms with van der Waals surface area (Å²) in [6, 6.07) is 1.68. The third-order valence-electron chi connectivity index (χ3n) is 6.73. The van der Waals surface area contributed by atoms with Gasteiger partial charge in [0, 0.05) is 11.6 Å². The molecule has 0 aromatic heterocycles. The van der Waals surface area contributed by atoms with Crippen LogP contribution < -0.4 is 0 Å². The molecule has 0 heterocycles. The number of phenols is 1. The van der Waals surface area contributed by atoms with E-state index in [1.807, 2.05) is 13.8 Å². The number of nitro benzene ring substituents is 1. The largest absolute Gasteiger partial charge is 0.502 e. The Bertz CT molecular complexity index is 693. The number of nitrogens with zero attached hydrogens (tertiary/aromatic N) is 1. The molecule has 2 aliphatic carbocycles. The van der Waals surface area contributed by atoms with Gasteiger partial charge in [-0.05, 0) is 59.5 Å². The second-order valence-electron chi connectivity index (χ2n) is 8.95. The second kappa shape index (κ2) is 5.47. The smallest absolute Gasteiger partial charge is 0.311 e. The van der Waals surface area contributed by atoms with E-state index < -0.39 is 4.92 Å². The van der Waals surface area contributed by atoms with Crippen LogP contribution in [0.3, 0.4) is 0 Å². The van der Waals surface area contributed by atoms with Gasteiger partial charge < -0.3 is 5.11 Å². The van der Waals surface area contributed by atoms with E-state index in [1.54, 1.807) is 6.07 Å². The molecule has 4 heteroatoms. The molecule has 132 valence electrons. The van der Waals surface area contributed by atoms with Crippen LogP contribution in [0.15, 0.2) is 6.07 Å². The van der Waals surface area contributed by atoms with Crippen molar-refractivity contribution in [1.29, 1.82) is 0 Å². The van der Waals surface area contributed by atoms with Crippen molar-refractivity contribution in [2.75, 3.05) is 0 Å². The van der Waals surface area contributed by atoms with Gasteiger partial charge in [-0.3, -0.25) is 10.1 Å². The molecule has 2 aliphatic rings. The van der Waals surface area contributed by atoms with Crippen LogP contribution >= 0.6 is 0 Å². The Balaban J connectivity index is 2.28. The molecule has 2 atom stereocenters. The quantitative estimate of drug-likeness (QED) is 0.578. The number of benzene rings is 1. The second-order valence-corrected chi connectivity index (χ2v) is 8.95. The van der Waals surface area contributed by atoms with E-state index >= 15 is 0 Å². The van der Waals surface area contributed by atoms with Gasteiger partial charge in [0.1, 0.15) is 0 Å². The molecule has 24 heavy (non-hydrogen) atoms. The summed E-state index contributed by atoms with van der Waals surface area (Å²) in [7, 11) is 0. The van der Waals surface area contributed by atoms with Crippen molar-refractivity contribution in [3.63, 3.8) is 0 Å². The normalized spacial score (nSPS) is 28.3. The van der Waals surface area contributed by atoms with Gasteiger partial charge in [0.15, 0.2) is 5.75 Å². The van der Waals surface area contributed by atoms with Crippen LogP contribution in [0.4, 0.5) is 5.69 Å². The molecule has 0 aliphatic heterocycles. The number of phenolic OH excluding ortho intramolecular Hbond substituents is 1. The highest BCUT2D eigenvalue weighted by atomic mass is 16.6. The third-order valence-corrected chi connectivity index (χ3v) is 6.73.